The van der Waals surface area contributed by atoms with Crippen LogP contribution in [0.4, 0.5) is 0 Å². The molecule has 0 aliphatic heterocycles. The van der Waals surface area contributed by atoms with E-state index in [9.17, 15) is 14.4 Å². The number of rotatable bonds is 9. The number of carboxylic acid groups (broad SMARTS) is 1. The Labute approximate surface area is 114 Å². The summed E-state index contributed by atoms with van der Waals surface area (Å²) in [6.45, 7) is 7.10. The highest BCUT2D eigenvalue weighted by atomic mass is 16.5. The van der Waals surface area contributed by atoms with Crippen molar-refractivity contribution in [2.45, 2.75) is 59.5 Å². The maximum absolute atomic E-state index is 11.7. The van der Waals surface area contributed by atoms with Gasteiger partial charge in [-0.2, -0.15) is 0 Å². The van der Waals surface area contributed by atoms with Gasteiger partial charge in [-0.05, 0) is 26.2 Å². The van der Waals surface area contributed by atoms with Gasteiger partial charge in [0.15, 0.2) is 0 Å². The van der Waals surface area contributed by atoms with Crippen molar-refractivity contribution in [3.05, 3.63) is 0 Å². The number of Topliss-reactive ketones (excluding diaryl/α,β-unsaturated/α-hetero) is 1. The minimum Gasteiger partial charge on any atom is -0.481 e. The van der Waals surface area contributed by atoms with Crippen molar-refractivity contribution in [1.82, 2.24) is 0 Å². The van der Waals surface area contributed by atoms with Gasteiger partial charge < -0.3 is 9.84 Å². The number of hydrogen-bond acceptors (Lipinski definition) is 4. The highest BCUT2D eigenvalue weighted by molar-refractivity contribution is 5.84. The molecule has 5 nitrogen and oxygen atoms in total. The molecule has 0 aromatic rings. The first kappa shape index (κ1) is 17.6. The summed E-state index contributed by atoms with van der Waals surface area (Å²) in [5.41, 5.74) is 0. The lowest BCUT2D eigenvalue weighted by Crippen LogP contribution is -2.23. The van der Waals surface area contributed by atoms with Crippen LogP contribution < -0.4 is 0 Å². The molecule has 0 fully saturated rings. The van der Waals surface area contributed by atoms with Gasteiger partial charge in [-0.1, -0.05) is 13.8 Å². The first-order chi connectivity index (χ1) is 8.73. The molecule has 1 unspecified atom stereocenters. The molecule has 0 aromatic carbocycles. The maximum atomic E-state index is 11.7. The van der Waals surface area contributed by atoms with Gasteiger partial charge >= 0.3 is 11.9 Å². The third kappa shape index (κ3) is 8.35. The molecule has 0 spiro atoms. The van der Waals surface area contributed by atoms with Crippen LogP contribution in [0.15, 0.2) is 0 Å². The summed E-state index contributed by atoms with van der Waals surface area (Å²) in [5.74, 6) is -2.09. The first-order valence-corrected chi connectivity index (χ1v) is 6.68. The Morgan fingerprint density at radius 3 is 2.05 bits per heavy atom. The normalized spacial score (nSPS) is 12.5. The largest absolute Gasteiger partial charge is 0.481 e. The van der Waals surface area contributed by atoms with Crippen LogP contribution in [0.2, 0.25) is 0 Å². The molecule has 0 aromatic heterocycles. The number of esters is 1. The smallest absolute Gasteiger partial charge is 0.307 e. The average Bonchev–Trinajstić information content (AvgIpc) is 2.23. The van der Waals surface area contributed by atoms with Gasteiger partial charge in [0.05, 0.1) is 12.0 Å². The number of carbonyl (C=O) groups is 3. The quantitative estimate of drug-likeness (QED) is 0.652. The van der Waals surface area contributed by atoms with Gasteiger partial charge in [0.2, 0.25) is 0 Å². The molecule has 0 saturated carbocycles. The van der Waals surface area contributed by atoms with E-state index in [1.165, 1.54) is 0 Å². The van der Waals surface area contributed by atoms with Gasteiger partial charge in [-0.15, -0.1) is 0 Å². The highest BCUT2D eigenvalue weighted by Gasteiger charge is 2.24. The van der Waals surface area contributed by atoms with E-state index < -0.39 is 11.9 Å². The molecule has 0 bridgehead atoms. The molecule has 1 atom stereocenters. The fourth-order valence-electron chi connectivity index (χ4n) is 1.71. The number of carboxylic acids is 1. The predicted molar refractivity (Wildman–Crippen MR) is 70.7 cm³/mol. The Hall–Kier alpha value is -1.39. The molecular weight excluding hydrogens is 248 g/mol. The molecular formula is C14H24O5. The summed E-state index contributed by atoms with van der Waals surface area (Å²) in [6, 6.07) is 0. The molecule has 19 heavy (non-hydrogen) atoms. The zero-order chi connectivity index (χ0) is 15.0. The molecule has 1 N–H and O–H groups in total. The van der Waals surface area contributed by atoms with Crippen LogP contribution in [0.3, 0.4) is 0 Å². The van der Waals surface area contributed by atoms with Crippen LogP contribution in [0.25, 0.3) is 0 Å². The fourth-order valence-corrected chi connectivity index (χ4v) is 1.71. The summed E-state index contributed by atoms with van der Waals surface area (Å²) in [4.78, 5) is 33.8. The van der Waals surface area contributed by atoms with Crippen molar-refractivity contribution >= 4 is 17.7 Å². The zero-order valence-corrected chi connectivity index (χ0v) is 12.1. The average molecular weight is 272 g/mol. The lowest BCUT2D eigenvalue weighted by atomic mass is 9.90. The second kappa shape index (κ2) is 8.67. The Bertz CT molecular complexity index is 320. The standard InChI is InChI=1S/C14H24O5/c1-9(2)12(14(17)18)8-11(15)6-5-7-13(16)19-10(3)4/h9-10,12H,5-8H2,1-4H3,(H,17,18). The van der Waals surface area contributed by atoms with E-state index in [1.54, 1.807) is 27.7 Å². The molecule has 110 valence electrons. The lowest BCUT2D eigenvalue weighted by molar-refractivity contribution is -0.148. The lowest BCUT2D eigenvalue weighted by Gasteiger charge is -2.15. The van der Waals surface area contributed by atoms with Crippen molar-refractivity contribution in [3.63, 3.8) is 0 Å². The molecule has 0 aliphatic carbocycles. The van der Waals surface area contributed by atoms with Crippen LogP contribution in [-0.4, -0.2) is 28.9 Å². The monoisotopic (exact) mass is 272 g/mol. The number of aliphatic carboxylic acids is 1. The second-order valence-electron chi connectivity index (χ2n) is 5.32. The Morgan fingerprint density at radius 2 is 1.63 bits per heavy atom. The third-order valence-electron chi connectivity index (χ3n) is 2.77. The summed E-state index contributed by atoms with van der Waals surface area (Å²) in [7, 11) is 0. The van der Waals surface area contributed by atoms with Crippen molar-refractivity contribution in [1.29, 1.82) is 0 Å². The van der Waals surface area contributed by atoms with Gasteiger partial charge in [0, 0.05) is 19.3 Å². The number of carbonyl (C=O) groups excluding carboxylic acids is 2. The highest BCUT2D eigenvalue weighted by Crippen LogP contribution is 2.17. The van der Waals surface area contributed by atoms with Gasteiger partial charge in [-0.25, -0.2) is 0 Å². The zero-order valence-electron chi connectivity index (χ0n) is 12.1. The van der Waals surface area contributed by atoms with Crippen LogP contribution in [0, 0.1) is 11.8 Å². The minimum absolute atomic E-state index is 0.0340. The van der Waals surface area contributed by atoms with E-state index >= 15 is 0 Å². The Kier molecular flexibility index (Phi) is 8.03. The first-order valence-electron chi connectivity index (χ1n) is 6.68. The van der Waals surface area contributed by atoms with Gasteiger partial charge in [0.25, 0.3) is 0 Å². The van der Waals surface area contributed by atoms with Crippen LogP contribution >= 0.6 is 0 Å². The van der Waals surface area contributed by atoms with Crippen molar-refractivity contribution in [2.75, 3.05) is 0 Å². The van der Waals surface area contributed by atoms with Crippen LogP contribution in [0.1, 0.15) is 53.4 Å². The molecule has 0 heterocycles. The van der Waals surface area contributed by atoms with Crippen LogP contribution in [0.5, 0.6) is 0 Å². The van der Waals surface area contributed by atoms with E-state index in [2.05, 4.69) is 0 Å². The summed E-state index contributed by atoms with van der Waals surface area (Å²) in [5, 5.41) is 8.98. The van der Waals surface area contributed by atoms with Crippen molar-refractivity contribution < 1.29 is 24.2 Å². The predicted octanol–water partition coefficient (Wildman–Crippen LogP) is 2.42. The summed E-state index contributed by atoms with van der Waals surface area (Å²) in [6.07, 6.45) is 0.717. The SMILES string of the molecule is CC(C)OC(=O)CCCC(=O)CC(C(=O)O)C(C)C. The van der Waals surface area contributed by atoms with E-state index in [0.717, 1.165) is 0 Å². The summed E-state index contributed by atoms with van der Waals surface area (Å²) < 4.78 is 4.95. The molecule has 0 amide bonds. The van der Waals surface area contributed by atoms with Crippen molar-refractivity contribution in [2.24, 2.45) is 11.8 Å². The second-order valence-corrected chi connectivity index (χ2v) is 5.32. The van der Waals surface area contributed by atoms with Crippen LogP contribution in [-0.2, 0) is 19.1 Å². The summed E-state index contributed by atoms with van der Waals surface area (Å²) >= 11 is 0. The molecule has 0 rings (SSSR count). The van der Waals surface area contributed by atoms with E-state index in [-0.39, 0.29) is 43.0 Å². The number of hydrogen-bond donors (Lipinski definition) is 1. The topological polar surface area (TPSA) is 80.7 Å². The van der Waals surface area contributed by atoms with E-state index in [0.29, 0.717) is 6.42 Å². The Morgan fingerprint density at radius 1 is 1.05 bits per heavy atom. The minimum atomic E-state index is -0.942. The molecule has 0 aliphatic rings. The Balaban J connectivity index is 3.99. The molecule has 5 heteroatoms. The van der Waals surface area contributed by atoms with Gasteiger partial charge in [-0.3, -0.25) is 14.4 Å². The maximum Gasteiger partial charge on any atom is 0.307 e. The number of ether oxygens (including phenoxy) is 1. The number of ketones is 1. The fraction of sp³-hybridized carbons (Fsp3) is 0.786. The third-order valence-corrected chi connectivity index (χ3v) is 2.77. The van der Waals surface area contributed by atoms with Gasteiger partial charge in [0.1, 0.15) is 5.78 Å². The molecule has 0 radical (unpaired) electrons. The van der Waals surface area contributed by atoms with Crippen molar-refractivity contribution in [3.8, 4) is 0 Å². The molecule has 0 saturated heterocycles. The van der Waals surface area contributed by atoms with E-state index in [4.69, 9.17) is 9.84 Å². The van der Waals surface area contributed by atoms with E-state index in [1.807, 2.05) is 0 Å².